The molecule has 198 valence electrons. The topological polar surface area (TPSA) is 130 Å². The summed E-state index contributed by atoms with van der Waals surface area (Å²) in [5.41, 5.74) is 8.30. The van der Waals surface area contributed by atoms with E-state index >= 15 is 0 Å². The molecular formula is C30H26N2O6S. The Bertz CT molecular complexity index is 1720. The highest BCUT2D eigenvalue weighted by Crippen LogP contribution is 2.49. The van der Waals surface area contributed by atoms with Gasteiger partial charge in [0.2, 0.25) is 11.8 Å². The fourth-order valence-corrected chi connectivity index (χ4v) is 6.90. The highest BCUT2D eigenvalue weighted by atomic mass is 32.2. The summed E-state index contributed by atoms with van der Waals surface area (Å²) < 4.78 is 37.7. The number of amides is 1. The lowest BCUT2D eigenvalue weighted by Crippen LogP contribution is -2.29. The van der Waals surface area contributed by atoms with Gasteiger partial charge in [0.25, 0.3) is 0 Å². The van der Waals surface area contributed by atoms with Crippen LogP contribution in [-0.4, -0.2) is 36.4 Å². The van der Waals surface area contributed by atoms with Crippen LogP contribution < -0.4 is 10.5 Å². The molecule has 4 aromatic rings. The van der Waals surface area contributed by atoms with Gasteiger partial charge in [0.15, 0.2) is 15.6 Å². The smallest absolute Gasteiger partial charge is 0.249 e. The van der Waals surface area contributed by atoms with Crippen molar-refractivity contribution in [2.75, 3.05) is 6.61 Å². The van der Waals surface area contributed by atoms with Crippen LogP contribution in [0.5, 0.6) is 5.75 Å². The predicted molar refractivity (Wildman–Crippen MR) is 144 cm³/mol. The van der Waals surface area contributed by atoms with Crippen molar-refractivity contribution in [1.29, 1.82) is 0 Å². The van der Waals surface area contributed by atoms with Gasteiger partial charge in [0.05, 0.1) is 33.4 Å². The molecule has 0 bridgehead atoms. The maximum absolute atomic E-state index is 13.5. The van der Waals surface area contributed by atoms with E-state index < -0.39 is 26.4 Å². The number of oxazole rings is 1. The first kappa shape index (κ1) is 25.1. The van der Waals surface area contributed by atoms with Gasteiger partial charge in [-0.25, -0.2) is 13.4 Å². The zero-order valence-corrected chi connectivity index (χ0v) is 22.0. The fraction of sp³-hybridized carbons (Fsp3) is 0.233. The largest absolute Gasteiger partial charge is 0.492 e. The van der Waals surface area contributed by atoms with Crippen LogP contribution in [0.25, 0.3) is 22.6 Å². The molecule has 8 nitrogen and oxygen atoms in total. The number of sulfone groups is 1. The minimum absolute atomic E-state index is 0.0546. The summed E-state index contributed by atoms with van der Waals surface area (Å²) in [6, 6.07) is 18.9. The van der Waals surface area contributed by atoms with Crippen LogP contribution in [0.4, 0.5) is 0 Å². The number of Topliss-reactive ketones (excluding diaryl/α,β-unsaturated/α-hetero) is 1. The lowest BCUT2D eigenvalue weighted by Gasteiger charge is -2.25. The zero-order chi connectivity index (χ0) is 27.4. The highest BCUT2D eigenvalue weighted by molar-refractivity contribution is 7.93. The quantitative estimate of drug-likeness (QED) is 0.353. The summed E-state index contributed by atoms with van der Waals surface area (Å²) in [6.07, 6.45) is 3.01. The molecule has 39 heavy (non-hydrogen) atoms. The second kappa shape index (κ2) is 9.20. The molecule has 1 saturated carbocycles. The van der Waals surface area contributed by atoms with E-state index in [2.05, 4.69) is 4.98 Å². The number of hydrogen-bond donors (Lipinski definition) is 1. The Balaban J connectivity index is 1.31. The fourth-order valence-electron chi connectivity index (χ4n) is 4.97. The molecule has 1 unspecified atom stereocenters. The molecule has 2 heterocycles. The second-order valence-electron chi connectivity index (χ2n) is 10.3. The Hall–Kier alpha value is -4.24. The average molecular weight is 543 g/mol. The normalized spacial score (nSPS) is 17.8. The monoisotopic (exact) mass is 542 g/mol. The summed E-state index contributed by atoms with van der Waals surface area (Å²) in [4.78, 5) is 30.3. The van der Waals surface area contributed by atoms with Crippen LogP contribution in [0.1, 0.15) is 46.2 Å². The van der Waals surface area contributed by atoms with Gasteiger partial charge >= 0.3 is 0 Å². The molecule has 1 fully saturated rings. The maximum Gasteiger partial charge on any atom is 0.249 e. The Kier molecular flexibility index (Phi) is 5.91. The van der Waals surface area contributed by atoms with E-state index in [1.165, 1.54) is 18.2 Å². The highest BCUT2D eigenvalue weighted by Gasteiger charge is 2.51. The molecule has 3 aromatic carbocycles. The molecule has 1 aromatic heterocycles. The van der Waals surface area contributed by atoms with Gasteiger partial charge in [-0.3, -0.25) is 9.59 Å². The summed E-state index contributed by atoms with van der Waals surface area (Å²) in [5, 5.41) is 0. The second-order valence-corrected chi connectivity index (χ2v) is 12.7. The van der Waals surface area contributed by atoms with Crippen molar-refractivity contribution >= 4 is 21.5 Å². The van der Waals surface area contributed by atoms with Crippen LogP contribution in [0.15, 0.2) is 82.3 Å². The number of aromatic nitrogens is 1. The third-order valence-electron chi connectivity index (χ3n) is 7.56. The number of primary amides is 1. The van der Waals surface area contributed by atoms with E-state index in [9.17, 15) is 18.0 Å². The number of ketones is 1. The summed E-state index contributed by atoms with van der Waals surface area (Å²) in [6.45, 7) is 1.83. The van der Waals surface area contributed by atoms with Gasteiger partial charge in [-0.2, -0.15) is 0 Å². The number of hydrogen-bond acceptors (Lipinski definition) is 7. The van der Waals surface area contributed by atoms with Crippen molar-refractivity contribution in [2.24, 2.45) is 11.7 Å². The number of fused-ring (bicyclic) bond motifs is 1. The first-order valence-corrected chi connectivity index (χ1v) is 14.1. The molecule has 1 aliphatic heterocycles. The van der Waals surface area contributed by atoms with Crippen LogP contribution in [-0.2, 0) is 16.3 Å². The summed E-state index contributed by atoms with van der Waals surface area (Å²) >= 11 is 0. The van der Waals surface area contributed by atoms with Gasteiger partial charge in [0.1, 0.15) is 12.0 Å². The molecule has 2 aliphatic rings. The Morgan fingerprint density at radius 1 is 1.05 bits per heavy atom. The van der Waals surface area contributed by atoms with Crippen LogP contribution in [0.3, 0.4) is 0 Å². The van der Waals surface area contributed by atoms with Gasteiger partial charge < -0.3 is 14.9 Å². The number of carbonyl (C=O) groups is 2. The van der Waals surface area contributed by atoms with Crippen molar-refractivity contribution in [3.8, 4) is 28.3 Å². The lowest BCUT2D eigenvalue weighted by atomic mass is 9.89. The Morgan fingerprint density at radius 2 is 1.82 bits per heavy atom. The van der Waals surface area contributed by atoms with Crippen LogP contribution in [0, 0.1) is 5.92 Å². The minimum Gasteiger partial charge on any atom is -0.492 e. The molecular weight excluding hydrogens is 516 g/mol. The van der Waals surface area contributed by atoms with E-state index in [0.717, 1.165) is 5.56 Å². The first-order chi connectivity index (χ1) is 18.7. The minimum atomic E-state index is -3.73. The molecule has 0 spiro atoms. The molecule has 1 atom stereocenters. The molecule has 0 saturated heterocycles. The van der Waals surface area contributed by atoms with E-state index in [1.54, 1.807) is 31.4 Å². The van der Waals surface area contributed by atoms with Crippen molar-refractivity contribution in [1.82, 2.24) is 4.98 Å². The standard InChI is InChI=1S/C30H26N2O6S/c1-30(12-13-30)39(35,36)25-9-5-8-23(28(31)34)26(25)19-10-11-22-24(15-19)37-16-20(27(22)33)14-21-17-38-29(32-21)18-6-3-2-4-7-18/h2-11,15,17,20H,12-14,16H2,1H3,(H2,31,34). The molecule has 9 heteroatoms. The average Bonchev–Trinajstić information content (AvgIpc) is 3.54. The van der Waals surface area contributed by atoms with E-state index in [4.69, 9.17) is 14.9 Å². The Labute approximate surface area is 225 Å². The third-order valence-corrected chi connectivity index (χ3v) is 10.2. The van der Waals surface area contributed by atoms with E-state index in [0.29, 0.717) is 47.7 Å². The zero-order valence-electron chi connectivity index (χ0n) is 21.2. The molecule has 0 radical (unpaired) electrons. The van der Waals surface area contributed by atoms with E-state index in [-0.39, 0.29) is 28.4 Å². The van der Waals surface area contributed by atoms with Crippen molar-refractivity contribution in [2.45, 2.75) is 35.8 Å². The maximum atomic E-state index is 13.5. The number of rotatable bonds is 7. The lowest BCUT2D eigenvalue weighted by molar-refractivity contribution is 0.0829. The number of benzene rings is 3. The predicted octanol–water partition coefficient (Wildman–Crippen LogP) is 4.87. The molecule has 1 amide bonds. The molecule has 6 rings (SSSR count). The Morgan fingerprint density at radius 3 is 2.54 bits per heavy atom. The number of carbonyl (C=O) groups excluding carboxylic acids is 2. The first-order valence-electron chi connectivity index (χ1n) is 12.7. The molecule has 2 N–H and O–H groups in total. The van der Waals surface area contributed by atoms with Gasteiger partial charge in [0, 0.05) is 23.1 Å². The van der Waals surface area contributed by atoms with Crippen molar-refractivity contribution < 1.29 is 27.2 Å². The van der Waals surface area contributed by atoms with Crippen LogP contribution in [0.2, 0.25) is 0 Å². The van der Waals surface area contributed by atoms with Gasteiger partial charge in [-0.15, -0.1) is 0 Å². The summed E-state index contributed by atoms with van der Waals surface area (Å²) in [5.74, 6) is -0.479. The van der Waals surface area contributed by atoms with Crippen LogP contribution >= 0.6 is 0 Å². The summed E-state index contributed by atoms with van der Waals surface area (Å²) in [7, 11) is -3.73. The SMILES string of the molecule is CC1(S(=O)(=O)c2cccc(C(N)=O)c2-c2ccc3c(c2)OCC(Cc2coc(-c4ccccc4)n2)C3=O)CC1. The van der Waals surface area contributed by atoms with E-state index in [1.807, 2.05) is 30.3 Å². The molecule has 1 aliphatic carbocycles. The van der Waals surface area contributed by atoms with Gasteiger partial charge in [-0.1, -0.05) is 30.3 Å². The van der Waals surface area contributed by atoms with Gasteiger partial charge in [-0.05, 0) is 61.7 Å². The number of nitrogens with two attached hydrogens (primary N) is 1. The van der Waals surface area contributed by atoms with Crippen molar-refractivity contribution in [3.05, 3.63) is 89.8 Å². The number of nitrogens with zero attached hydrogens (tertiary/aromatic N) is 1. The van der Waals surface area contributed by atoms with Crippen molar-refractivity contribution in [3.63, 3.8) is 0 Å². The number of ether oxygens (including phenoxy) is 1. The third kappa shape index (κ3) is 4.32.